The van der Waals surface area contributed by atoms with E-state index in [4.69, 9.17) is 4.74 Å². The maximum atomic E-state index is 14.0. The number of amides is 1. The number of thioether (sulfide) groups is 1. The molecule has 0 radical (unpaired) electrons. The van der Waals surface area contributed by atoms with Gasteiger partial charge in [-0.25, -0.2) is 4.79 Å². The van der Waals surface area contributed by atoms with E-state index in [9.17, 15) is 32.8 Å². The number of rotatable bonds is 9. The van der Waals surface area contributed by atoms with Gasteiger partial charge in [0, 0.05) is 16.9 Å². The molecule has 0 aromatic heterocycles. The number of ketones is 1. The molecule has 2 aromatic rings. The zero-order chi connectivity index (χ0) is 28.7. The van der Waals surface area contributed by atoms with Crippen molar-refractivity contribution in [2.24, 2.45) is 0 Å². The number of anilines is 1. The average Bonchev–Trinajstić information content (AvgIpc) is 2.89. The predicted octanol–water partition coefficient (Wildman–Crippen LogP) is 5.71. The highest BCUT2D eigenvalue weighted by molar-refractivity contribution is 8.03. The molecule has 0 spiro atoms. The van der Waals surface area contributed by atoms with Gasteiger partial charge in [-0.1, -0.05) is 54.7 Å². The lowest BCUT2D eigenvalue weighted by atomic mass is 9.80. The minimum atomic E-state index is -4.76. The molecule has 1 aliphatic rings. The molecule has 0 fully saturated rings. The van der Waals surface area contributed by atoms with E-state index >= 15 is 0 Å². The summed E-state index contributed by atoms with van der Waals surface area (Å²) < 4.78 is 47.0. The first kappa shape index (κ1) is 29.3. The van der Waals surface area contributed by atoms with Crippen LogP contribution in [0.4, 0.5) is 18.9 Å². The summed E-state index contributed by atoms with van der Waals surface area (Å²) in [6.45, 7) is 6.17. The molecule has 0 saturated heterocycles. The van der Waals surface area contributed by atoms with Crippen molar-refractivity contribution in [2.45, 2.75) is 25.9 Å². The van der Waals surface area contributed by atoms with E-state index < -0.39 is 29.5 Å². The highest BCUT2D eigenvalue weighted by atomic mass is 32.2. The lowest BCUT2D eigenvalue weighted by molar-refractivity contribution is -0.140. The number of esters is 1. The predicted molar refractivity (Wildman–Crippen MR) is 141 cm³/mol. The van der Waals surface area contributed by atoms with E-state index in [1.807, 2.05) is 6.07 Å². The summed E-state index contributed by atoms with van der Waals surface area (Å²) >= 11 is 0.898. The number of hydrogen-bond donors (Lipinski definition) is 2. The van der Waals surface area contributed by atoms with Crippen molar-refractivity contribution in [1.82, 2.24) is 5.32 Å². The number of dihydropyridines is 1. The van der Waals surface area contributed by atoms with Crippen LogP contribution in [0.25, 0.3) is 0 Å². The highest BCUT2D eigenvalue weighted by Gasteiger charge is 2.41. The minimum Gasteiger partial charge on any atom is -0.458 e. The molecule has 202 valence electrons. The molecular formula is C28H24F3N3O4S. The van der Waals surface area contributed by atoms with Crippen LogP contribution in [0.1, 0.15) is 41.3 Å². The lowest BCUT2D eigenvalue weighted by Crippen LogP contribution is -2.30. The van der Waals surface area contributed by atoms with Gasteiger partial charge in [0.1, 0.15) is 6.61 Å². The molecule has 0 bridgehead atoms. The van der Waals surface area contributed by atoms with E-state index in [-0.39, 0.29) is 45.6 Å². The van der Waals surface area contributed by atoms with Gasteiger partial charge in [-0.2, -0.15) is 18.4 Å². The lowest BCUT2D eigenvalue weighted by Gasteiger charge is -2.30. The van der Waals surface area contributed by atoms with Crippen LogP contribution < -0.4 is 10.6 Å². The number of alkyl halides is 3. The molecule has 7 nitrogen and oxygen atoms in total. The van der Waals surface area contributed by atoms with Crippen molar-refractivity contribution < 1.29 is 32.3 Å². The first-order valence-electron chi connectivity index (χ1n) is 11.6. The number of ether oxygens (including phenoxy) is 1. The van der Waals surface area contributed by atoms with Crippen LogP contribution in [0.3, 0.4) is 0 Å². The Morgan fingerprint density at radius 2 is 1.92 bits per heavy atom. The number of Topliss-reactive ketones (excluding diaryl/α,β-unsaturated/α-hetero) is 1. The summed E-state index contributed by atoms with van der Waals surface area (Å²) in [7, 11) is 0. The molecule has 1 aliphatic heterocycles. The monoisotopic (exact) mass is 555 g/mol. The number of carbonyl (C=O) groups is 3. The van der Waals surface area contributed by atoms with Crippen molar-refractivity contribution in [2.75, 3.05) is 17.7 Å². The van der Waals surface area contributed by atoms with Gasteiger partial charge in [0.15, 0.2) is 5.78 Å². The minimum absolute atomic E-state index is 0.130. The van der Waals surface area contributed by atoms with E-state index in [0.29, 0.717) is 11.3 Å². The summed E-state index contributed by atoms with van der Waals surface area (Å²) in [5, 5.41) is 15.7. The summed E-state index contributed by atoms with van der Waals surface area (Å²) in [6, 6.07) is 13.0. The van der Waals surface area contributed by atoms with E-state index in [1.165, 1.54) is 44.2 Å². The van der Waals surface area contributed by atoms with Crippen LogP contribution in [0.2, 0.25) is 0 Å². The van der Waals surface area contributed by atoms with Gasteiger partial charge in [-0.3, -0.25) is 9.59 Å². The molecule has 3 rings (SSSR count). The first-order valence-corrected chi connectivity index (χ1v) is 12.6. The molecule has 2 aromatic carbocycles. The third-order valence-corrected chi connectivity index (χ3v) is 6.69. The second kappa shape index (κ2) is 12.5. The normalized spacial score (nSPS) is 15.2. The Labute approximate surface area is 227 Å². The Morgan fingerprint density at radius 3 is 2.56 bits per heavy atom. The van der Waals surface area contributed by atoms with Crippen molar-refractivity contribution in [3.05, 3.63) is 99.7 Å². The zero-order valence-corrected chi connectivity index (χ0v) is 21.8. The van der Waals surface area contributed by atoms with Gasteiger partial charge in [0.2, 0.25) is 5.91 Å². The number of carbonyl (C=O) groups excluding carboxylic acids is 3. The Hall–Kier alpha value is -4.30. The molecule has 1 atom stereocenters. The maximum absolute atomic E-state index is 14.0. The molecule has 0 saturated carbocycles. The fraction of sp³-hybridized carbons (Fsp3) is 0.214. The summed E-state index contributed by atoms with van der Waals surface area (Å²) in [5.74, 6) is -3.16. The van der Waals surface area contributed by atoms with Gasteiger partial charge in [-0.15, -0.1) is 0 Å². The number of nitrogens with zero attached hydrogens (tertiary/aromatic N) is 1. The van der Waals surface area contributed by atoms with Crippen molar-refractivity contribution in [3.63, 3.8) is 0 Å². The number of nitriles is 1. The number of allylic oxidation sites excluding steroid dienone is 2. The molecule has 1 heterocycles. The van der Waals surface area contributed by atoms with Crippen LogP contribution in [0.15, 0.2) is 83.1 Å². The SMILES string of the molecule is C=CCOC(=O)C1=C(C)NC(SCC(=O)Nc2cccc(C(C)=O)c2)=C(C#N)[C@H]1c1ccccc1C(F)(F)F. The third kappa shape index (κ3) is 6.97. The molecule has 0 aliphatic carbocycles. The first-order chi connectivity index (χ1) is 18.5. The molecule has 2 N–H and O–H groups in total. The van der Waals surface area contributed by atoms with Gasteiger partial charge >= 0.3 is 12.1 Å². The number of benzene rings is 2. The topological polar surface area (TPSA) is 108 Å². The van der Waals surface area contributed by atoms with Gasteiger partial charge in [-0.05, 0) is 37.6 Å². The standard InChI is InChI=1S/C28H24F3N3O4S/c1-4-12-38-27(37)24-16(2)33-26(39-15-23(36)34-19-9-7-8-18(13-19)17(3)35)21(14-32)25(24)20-10-5-6-11-22(20)28(29,30)31/h4-11,13,25,33H,1,12,15H2,2-3H3,(H,34,36)/t25-/m1/s1. The van der Waals surface area contributed by atoms with Crippen LogP contribution >= 0.6 is 11.8 Å². The van der Waals surface area contributed by atoms with Crippen LogP contribution in [0.5, 0.6) is 0 Å². The molecular weight excluding hydrogens is 531 g/mol. The molecule has 0 unspecified atom stereocenters. The summed E-state index contributed by atoms with van der Waals surface area (Å²) in [4.78, 5) is 37.2. The van der Waals surface area contributed by atoms with Crippen molar-refractivity contribution in [3.8, 4) is 6.07 Å². The maximum Gasteiger partial charge on any atom is 0.416 e. The number of hydrogen-bond acceptors (Lipinski definition) is 7. The summed E-state index contributed by atoms with van der Waals surface area (Å²) in [5.41, 5.74) is -0.636. The Balaban J connectivity index is 1.99. The second-order valence-corrected chi connectivity index (χ2v) is 9.38. The Bertz CT molecular complexity index is 1420. The number of nitrogens with one attached hydrogen (secondary N) is 2. The fourth-order valence-electron chi connectivity index (χ4n) is 3.98. The van der Waals surface area contributed by atoms with Crippen LogP contribution in [0, 0.1) is 11.3 Å². The van der Waals surface area contributed by atoms with E-state index in [0.717, 1.165) is 17.8 Å². The third-order valence-electron chi connectivity index (χ3n) is 5.68. The molecule has 11 heteroatoms. The van der Waals surface area contributed by atoms with Crippen molar-refractivity contribution in [1.29, 1.82) is 5.26 Å². The fourth-order valence-corrected chi connectivity index (χ4v) is 4.87. The van der Waals surface area contributed by atoms with Gasteiger partial charge in [0.05, 0.1) is 39.5 Å². The van der Waals surface area contributed by atoms with Crippen LogP contribution in [-0.4, -0.2) is 30.0 Å². The van der Waals surface area contributed by atoms with E-state index in [1.54, 1.807) is 18.2 Å². The largest absolute Gasteiger partial charge is 0.458 e. The summed E-state index contributed by atoms with van der Waals surface area (Å²) in [6.07, 6.45) is -3.44. The zero-order valence-electron chi connectivity index (χ0n) is 21.0. The van der Waals surface area contributed by atoms with E-state index in [2.05, 4.69) is 17.2 Å². The second-order valence-electron chi connectivity index (χ2n) is 8.40. The van der Waals surface area contributed by atoms with Crippen LogP contribution in [-0.2, 0) is 20.5 Å². The van der Waals surface area contributed by atoms with Gasteiger partial charge < -0.3 is 15.4 Å². The van der Waals surface area contributed by atoms with Crippen molar-refractivity contribution >= 4 is 35.1 Å². The molecule has 1 amide bonds. The molecule has 39 heavy (non-hydrogen) atoms. The highest BCUT2D eigenvalue weighted by Crippen LogP contribution is 2.45. The van der Waals surface area contributed by atoms with Gasteiger partial charge in [0.25, 0.3) is 0 Å². The average molecular weight is 556 g/mol. The Kier molecular flexibility index (Phi) is 9.37. The smallest absolute Gasteiger partial charge is 0.416 e. The Morgan fingerprint density at radius 1 is 1.21 bits per heavy atom. The number of halogens is 3. The quantitative estimate of drug-likeness (QED) is 0.232.